The Morgan fingerprint density at radius 1 is 1.46 bits per heavy atom. The molecule has 126 valence electrons. The molecule has 0 aliphatic carbocycles. The average Bonchev–Trinajstić information content (AvgIpc) is 3.32. The number of nitrogens with one attached hydrogen (secondary N) is 1. The van der Waals surface area contributed by atoms with E-state index in [2.05, 4.69) is 35.5 Å². The third kappa shape index (κ3) is 3.28. The van der Waals surface area contributed by atoms with Gasteiger partial charge in [-0.2, -0.15) is 16.4 Å². The molecule has 0 spiro atoms. The zero-order chi connectivity index (χ0) is 17.1. The standard InChI is InChI=1S/C18H22N4OS/c1-4-13(2)22(11-14-7-9-24-12-14)18(23)16-10-15(19-20-16)17-6-5-8-21(17)3/h5-10,12-13H,4,11H2,1-3H3,(H,19,20). The Kier molecular flexibility index (Phi) is 4.85. The molecule has 0 aliphatic rings. The molecule has 0 saturated heterocycles. The van der Waals surface area contributed by atoms with Gasteiger partial charge >= 0.3 is 0 Å². The van der Waals surface area contributed by atoms with Crippen LogP contribution in [0.4, 0.5) is 0 Å². The number of hydrogen-bond donors (Lipinski definition) is 1. The smallest absolute Gasteiger partial charge is 0.272 e. The van der Waals surface area contributed by atoms with Crippen LogP contribution in [0.2, 0.25) is 0 Å². The van der Waals surface area contributed by atoms with Gasteiger partial charge in [-0.25, -0.2) is 0 Å². The van der Waals surface area contributed by atoms with E-state index in [4.69, 9.17) is 0 Å². The fourth-order valence-electron chi connectivity index (χ4n) is 2.67. The van der Waals surface area contributed by atoms with Gasteiger partial charge in [0.2, 0.25) is 0 Å². The number of amides is 1. The quantitative estimate of drug-likeness (QED) is 0.738. The highest BCUT2D eigenvalue weighted by molar-refractivity contribution is 7.07. The first-order valence-electron chi connectivity index (χ1n) is 8.09. The number of aromatic nitrogens is 3. The Balaban J connectivity index is 1.85. The Bertz CT molecular complexity index is 803. The lowest BCUT2D eigenvalue weighted by Crippen LogP contribution is -2.37. The molecule has 0 saturated carbocycles. The average molecular weight is 342 g/mol. The van der Waals surface area contributed by atoms with Crippen molar-refractivity contribution in [1.82, 2.24) is 19.7 Å². The van der Waals surface area contributed by atoms with Crippen LogP contribution in [0.15, 0.2) is 41.2 Å². The van der Waals surface area contributed by atoms with E-state index in [0.717, 1.165) is 23.4 Å². The molecule has 0 fully saturated rings. The van der Waals surface area contributed by atoms with Gasteiger partial charge in [0.25, 0.3) is 5.91 Å². The fourth-order valence-corrected chi connectivity index (χ4v) is 3.33. The lowest BCUT2D eigenvalue weighted by molar-refractivity contribution is 0.0665. The molecular weight excluding hydrogens is 320 g/mol. The molecule has 3 aromatic heterocycles. The van der Waals surface area contributed by atoms with Crippen molar-refractivity contribution in [3.63, 3.8) is 0 Å². The van der Waals surface area contributed by atoms with Gasteiger partial charge in [0.15, 0.2) is 0 Å². The highest BCUT2D eigenvalue weighted by Gasteiger charge is 2.23. The molecule has 1 atom stereocenters. The Morgan fingerprint density at radius 3 is 2.92 bits per heavy atom. The maximum Gasteiger partial charge on any atom is 0.272 e. The molecule has 24 heavy (non-hydrogen) atoms. The van der Waals surface area contributed by atoms with Crippen LogP contribution < -0.4 is 0 Å². The number of nitrogens with zero attached hydrogens (tertiary/aromatic N) is 3. The van der Waals surface area contributed by atoms with Crippen LogP contribution in [0.3, 0.4) is 0 Å². The van der Waals surface area contributed by atoms with Crippen molar-refractivity contribution in [3.05, 3.63) is 52.5 Å². The fraction of sp³-hybridized carbons (Fsp3) is 0.333. The van der Waals surface area contributed by atoms with Crippen LogP contribution in [0.5, 0.6) is 0 Å². The van der Waals surface area contributed by atoms with Gasteiger partial charge in [0.1, 0.15) is 11.4 Å². The van der Waals surface area contributed by atoms with Crippen molar-refractivity contribution >= 4 is 17.2 Å². The van der Waals surface area contributed by atoms with Crippen LogP contribution in [0.25, 0.3) is 11.4 Å². The second-order valence-electron chi connectivity index (χ2n) is 5.99. The van der Waals surface area contributed by atoms with Crippen molar-refractivity contribution in [2.75, 3.05) is 0 Å². The molecule has 1 amide bonds. The molecule has 5 nitrogen and oxygen atoms in total. The molecule has 1 N–H and O–H groups in total. The highest BCUT2D eigenvalue weighted by Crippen LogP contribution is 2.20. The van der Waals surface area contributed by atoms with Crippen LogP contribution in [-0.2, 0) is 13.6 Å². The third-order valence-electron chi connectivity index (χ3n) is 4.33. The number of aryl methyl sites for hydroxylation is 1. The van der Waals surface area contributed by atoms with Crippen LogP contribution in [0.1, 0.15) is 36.3 Å². The molecule has 0 radical (unpaired) electrons. The van der Waals surface area contributed by atoms with Crippen molar-refractivity contribution < 1.29 is 4.79 Å². The third-order valence-corrected chi connectivity index (χ3v) is 5.06. The van der Waals surface area contributed by atoms with Gasteiger partial charge in [-0.05, 0) is 53.9 Å². The molecule has 3 aromatic rings. The summed E-state index contributed by atoms with van der Waals surface area (Å²) >= 11 is 1.65. The summed E-state index contributed by atoms with van der Waals surface area (Å²) in [5, 5.41) is 11.4. The molecule has 0 bridgehead atoms. The van der Waals surface area contributed by atoms with Crippen molar-refractivity contribution in [3.8, 4) is 11.4 Å². The first-order valence-corrected chi connectivity index (χ1v) is 9.03. The minimum absolute atomic E-state index is 0.0106. The van der Waals surface area contributed by atoms with Gasteiger partial charge in [-0.3, -0.25) is 9.89 Å². The Morgan fingerprint density at radius 2 is 2.29 bits per heavy atom. The van der Waals surface area contributed by atoms with E-state index in [-0.39, 0.29) is 11.9 Å². The summed E-state index contributed by atoms with van der Waals surface area (Å²) in [6.07, 6.45) is 2.88. The van der Waals surface area contributed by atoms with Gasteiger partial charge in [0.05, 0.1) is 5.69 Å². The summed E-state index contributed by atoms with van der Waals surface area (Å²) in [6, 6.07) is 8.02. The molecule has 3 heterocycles. The van der Waals surface area contributed by atoms with Crippen molar-refractivity contribution in [2.24, 2.45) is 7.05 Å². The van der Waals surface area contributed by atoms with Crippen LogP contribution in [-0.4, -0.2) is 31.6 Å². The van der Waals surface area contributed by atoms with Crippen molar-refractivity contribution in [2.45, 2.75) is 32.9 Å². The number of aromatic amines is 1. The van der Waals surface area contributed by atoms with Gasteiger partial charge in [0, 0.05) is 25.8 Å². The lowest BCUT2D eigenvalue weighted by atomic mass is 10.1. The number of H-pyrrole nitrogens is 1. The van der Waals surface area contributed by atoms with Crippen LogP contribution >= 0.6 is 11.3 Å². The first-order chi connectivity index (χ1) is 11.6. The first kappa shape index (κ1) is 16.5. The van der Waals surface area contributed by atoms with E-state index in [1.165, 1.54) is 0 Å². The molecular formula is C18H22N4OS. The largest absolute Gasteiger partial charge is 0.349 e. The molecule has 0 aliphatic heterocycles. The molecule has 1 unspecified atom stereocenters. The zero-order valence-corrected chi connectivity index (χ0v) is 15.0. The lowest BCUT2D eigenvalue weighted by Gasteiger charge is -2.27. The van der Waals surface area contributed by atoms with E-state index in [1.807, 2.05) is 46.3 Å². The van der Waals surface area contributed by atoms with Gasteiger partial charge in [-0.1, -0.05) is 6.92 Å². The SMILES string of the molecule is CCC(C)N(Cc1ccsc1)C(=O)c1cc(-c2cccn2C)n[nH]1. The summed E-state index contributed by atoms with van der Waals surface area (Å²) in [5.41, 5.74) is 3.46. The van der Waals surface area contributed by atoms with E-state index in [0.29, 0.717) is 12.2 Å². The minimum atomic E-state index is -0.0106. The number of thiophene rings is 1. The number of hydrogen-bond acceptors (Lipinski definition) is 3. The van der Waals surface area contributed by atoms with Crippen LogP contribution in [0, 0.1) is 0 Å². The van der Waals surface area contributed by atoms with Gasteiger partial charge in [-0.15, -0.1) is 0 Å². The maximum absolute atomic E-state index is 13.0. The van der Waals surface area contributed by atoms with E-state index >= 15 is 0 Å². The summed E-state index contributed by atoms with van der Waals surface area (Å²) in [4.78, 5) is 14.9. The molecule has 0 aromatic carbocycles. The van der Waals surface area contributed by atoms with E-state index < -0.39 is 0 Å². The van der Waals surface area contributed by atoms with Crippen molar-refractivity contribution in [1.29, 1.82) is 0 Å². The number of carbonyl (C=O) groups is 1. The maximum atomic E-state index is 13.0. The van der Waals surface area contributed by atoms with E-state index in [1.54, 1.807) is 11.3 Å². The Labute approximate surface area is 145 Å². The predicted octanol–water partition coefficient (Wildman–Crippen LogP) is 3.92. The minimum Gasteiger partial charge on any atom is -0.349 e. The normalized spacial score (nSPS) is 12.3. The second kappa shape index (κ2) is 7.05. The van der Waals surface area contributed by atoms with E-state index in [9.17, 15) is 4.79 Å². The summed E-state index contributed by atoms with van der Waals surface area (Å²) in [7, 11) is 1.97. The summed E-state index contributed by atoms with van der Waals surface area (Å²) in [5.74, 6) is -0.0106. The van der Waals surface area contributed by atoms with Gasteiger partial charge < -0.3 is 9.47 Å². The second-order valence-corrected chi connectivity index (χ2v) is 6.77. The summed E-state index contributed by atoms with van der Waals surface area (Å²) < 4.78 is 1.99. The number of rotatable bonds is 6. The zero-order valence-electron chi connectivity index (χ0n) is 14.2. The molecule has 6 heteroatoms. The predicted molar refractivity (Wildman–Crippen MR) is 96.9 cm³/mol. The monoisotopic (exact) mass is 342 g/mol. The Hall–Kier alpha value is -2.34. The highest BCUT2D eigenvalue weighted by atomic mass is 32.1. The summed E-state index contributed by atoms with van der Waals surface area (Å²) in [6.45, 7) is 4.80. The topological polar surface area (TPSA) is 53.9 Å². The number of carbonyl (C=O) groups excluding carboxylic acids is 1. The molecule has 3 rings (SSSR count).